The third kappa shape index (κ3) is 3.56. The number of nitriles is 1. The molecule has 2 rings (SSSR count). The molecule has 3 nitrogen and oxygen atoms in total. The Hall–Kier alpha value is -1.44. The molecule has 1 aliphatic heterocycles. The van der Waals surface area contributed by atoms with Crippen LogP contribution in [0.3, 0.4) is 0 Å². The molecule has 0 unspecified atom stereocenters. The average Bonchev–Trinajstić information content (AvgIpc) is 2.40. The average molecular weight is 275 g/mol. The Morgan fingerprint density at radius 3 is 2.40 bits per heavy atom. The third-order valence-corrected chi connectivity index (χ3v) is 3.88. The molecule has 1 saturated heterocycles. The minimum Gasteiger partial charge on any atom is -0.297 e. The van der Waals surface area contributed by atoms with Gasteiger partial charge in [0.25, 0.3) is 0 Å². The maximum absolute atomic E-state index is 13.3. The van der Waals surface area contributed by atoms with Crippen LogP contribution in [0.25, 0.3) is 0 Å². The molecule has 4 heteroatoms. The van der Waals surface area contributed by atoms with Gasteiger partial charge in [-0.2, -0.15) is 5.26 Å². The largest absolute Gasteiger partial charge is 0.297 e. The summed E-state index contributed by atoms with van der Waals surface area (Å²) in [4.78, 5) is 4.84. The van der Waals surface area contributed by atoms with Crippen LogP contribution >= 0.6 is 0 Å². The van der Waals surface area contributed by atoms with Crippen LogP contribution in [0.4, 0.5) is 4.39 Å². The smallest absolute Gasteiger partial charge is 0.140 e. The van der Waals surface area contributed by atoms with Crippen LogP contribution in [0.1, 0.15) is 31.9 Å². The first-order chi connectivity index (χ1) is 9.40. The number of hydrogen-bond donors (Lipinski definition) is 0. The summed E-state index contributed by atoms with van der Waals surface area (Å²) in [5.41, 5.74) is 1.36. The number of piperazine rings is 1. The molecule has 0 atom stereocenters. The van der Waals surface area contributed by atoms with Crippen molar-refractivity contribution in [1.29, 1.82) is 5.26 Å². The molecule has 0 N–H and O–H groups in total. The lowest BCUT2D eigenvalue weighted by atomic mass is 10.0. The molecule has 0 amide bonds. The summed E-state index contributed by atoms with van der Waals surface area (Å²) < 4.78 is 13.3. The minimum atomic E-state index is -0.436. The predicted octanol–water partition coefficient (Wildman–Crippen LogP) is 2.61. The van der Waals surface area contributed by atoms with Gasteiger partial charge in [-0.15, -0.1) is 0 Å². The van der Waals surface area contributed by atoms with Crippen molar-refractivity contribution in [2.45, 2.75) is 32.9 Å². The van der Waals surface area contributed by atoms with Gasteiger partial charge in [-0.3, -0.25) is 9.80 Å². The van der Waals surface area contributed by atoms with Crippen molar-refractivity contribution in [2.24, 2.45) is 0 Å². The van der Waals surface area contributed by atoms with Crippen LogP contribution in [0.15, 0.2) is 18.2 Å². The van der Waals surface area contributed by atoms with Crippen LogP contribution < -0.4 is 0 Å². The van der Waals surface area contributed by atoms with Crippen molar-refractivity contribution in [3.63, 3.8) is 0 Å². The Balaban J connectivity index is 1.95. The first-order valence-corrected chi connectivity index (χ1v) is 7.06. The number of nitrogens with zero attached hydrogens (tertiary/aromatic N) is 3. The molecular weight excluding hydrogens is 253 g/mol. The molecule has 20 heavy (non-hydrogen) atoms. The first-order valence-electron chi connectivity index (χ1n) is 7.06. The van der Waals surface area contributed by atoms with Gasteiger partial charge in [-0.25, -0.2) is 4.39 Å². The molecule has 1 aromatic carbocycles. The zero-order valence-corrected chi connectivity index (χ0v) is 12.5. The normalized spacial score (nSPS) is 17.9. The van der Waals surface area contributed by atoms with Gasteiger partial charge in [0.15, 0.2) is 0 Å². The van der Waals surface area contributed by atoms with E-state index in [0.717, 1.165) is 38.3 Å². The van der Waals surface area contributed by atoms with E-state index in [2.05, 4.69) is 30.6 Å². The van der Waals surface area contributed by atoms with Gasteiger partial charge in [-0.05, 0) is 38.5 Å². The maximum atomic E-state index is 13.3. The van der Waals surface area contributed by atoms with Crippen LogP contribution in [0, 0.1) is 17.1 Å². The van der Waals surface area contributed by atoms with Crippen LogP contribution in [0.2, 0.25) is 0 Å². The highest BCUT2D eigenvalue weighted by Gasteiger charge is 2.25. The second kappa shape index (κ2) is 5.90. The highest BCUT2D eigenvalue weighted by molar-refractivity contribution is 5.34. The van der Waals surface area contributed by atoms with E-state index in [4.69, 9.17) is 5.26 Å². The van der Waals surface area contributed by atoms with Gasteiger partial charge in [0.2, 0.25) is 0 Å². The molecule has 0 spiro atoms. The van der Waals surface area contributed by atoms with Crippen molar-refractivity contribution < 1.29 is 4.39 Å². The molecule has 0 aliphatic carbocycles. The summed E-state index contributed by atoms with van der Waals surface area (Å²) in [6, 6.07) is 6.71. The number of rotatable bonds is 2. The van der Waals surface area contributed by atoms with E-state index in [0.29, 0.717) is 0 Å². The van der Waals surface area contributed by atoms with Gasteiger partial charge in [0.1, 0.15) is 11.9 Å². The van der Waals surface area contributed by atoms with Gasteiger partial charge in [0.05, 0.1) is 5.56 Å². The Labute approximate surface area is 120 Å². The lowest BCUT2D eigenvalue weighted by Crippen LogP contribution is -2.53. The fourth-order valence-electron chi connectivity index (χ4n) is 2.59. The summed E-state index contributed by atoms with van der Waals surface area (Å²) >= 11 is 0. The number of hydrogen-bond acceptors (Lipinski definition) is 3. The van der Waals surface area contributed by atoms with E-state index >= 15 is 0 Å². The fraction of sp³-hybridized carbons (Fsp3) is 0.562. The predicted molar refractivity (Wildman–Crippen MR) is 77.7 cm³/mol. The Morgan fingerprint density at radius 1 is 1.20 bits per heavy atom. The Bertz CT molecular complexity index is 505. The molecule has 1 aliphatic rings. The lowest BCUT2D eigenvalue weighted by Gasteiger charge is -2.42. The van der Waals surface area contributed by atoms with Crippen LogP contribution in [-0.4, -0.2) is 41.5 Å². The Kier molecular flexibility index (Phi) is 4.42. The molecule has 0 radical (unpaired) electrons. The quantitative estimate of drug-likeness (QED) is 0.831. The summed E-state index contributed by atoms with van der Waals surface area (Å²) in [6.45, 7) is 11.6. The molecule has 108 valence electrons. The standard InChI is InChI=1S/C16H22FN3/c1-16(2,3)20-8-6-19(7-9-20)12-13-4-5-15(17)14(10-13)11-18/h4-5,10H,6-9,12H2,1-3H3. The van der Waals surface area contributed by atoms with Crippen molar-refractivity contribution in [3.05, 3.63) is 35.1 Å². The molecular formula is C16H22FN3. The van der Waals surface area contributed by atoms with E-state index in [1.54, 1.807) is 12.1 Å². The SMILES string of the molecule is CC(C)(C)N1CCN(Cc2ccc(F)c(C#N)c2)CC1. The van der Waals surface area contributed by atoms with Gasteiger partial charge in [0, 0.05) is 38.3 Å². The van der Waals surface area contributed by atoms with E-state index in [1.807, 2.05) is 6.07 Å². The summed E-state index contributed by atoms with van der Waals surface area (Å²) in [5, 5.41) is 8.86. The molecule has 1 fully saturated rings. The topological polar surface area (TPSA) is 30.3 Å². The van der Waals surface area contributed by atoms with E-state index in [-0.39, 0.29) is 11.1 Å². The maximum Gasteiger partial charge on any atom is 0.140 e. The van der Waals surface area contributed by atoms with E-state index < -0.39 is 5.82 Å². The number of benzene rings is 1. The fourth-order valence-corrected chi connectivity index (χ4v) is 2.59. The lowest BCUT2D eigenvalue weighted by molar-refractivity contribution is 0.0591. The van der Waals surface area contributed by atoms with Crippen LogP contribution in [0.5, 0.6) is 0 Å². The van der Waals surface area contributed by atoms with Gasteiger partial charge >= 0.3 is 0 Å². The highest BCUT2D eigenvalue weighted by atomic mass is 19.1. The van der Waals surface area contributed by atoms with Crippen molar-refractivity contribution in [1.82, 2.24) is 9.80 Å². The molecule has 0 aromatic heterocycles. The second-order valence-electron chi connectivity index (χ2n) is 6.36. The zero-order chi connectivity index (χ0) is 14.8. The van der Waals surface area contributed by atoms with Crippen molar-refractivity contribution in [3.8, 4) is 6.07 Å². The van der Waals surface area contributed by atoms with E-state index in [9.17, 15) is 4.39 Å². The molecule has 0 saturated carbocycles. The van der Waals surface area contributed by atoms with Gasteiger partial charge < -0.3 is 0 Å². The molecule has 1 aromatic rings. The monoisotopic (exact) mass is 275 g/mol. The summed E-state index contributed by atoms with van der Waals surface area (Å²) in [5.74, 6) is -0.436. The first kappa shape index (κ1) is 15.0. The Morgan fingerprint density at radius 2 is 1.85 bits per heavy atom. The van der Waals surface area contributed by atoms with Crippen molar-refractivity contribution in [2.75, 3.05) is 26.2 Å². The minimum absolute atomic E-state index is 0.135. The second-order valence-corrected chi connectivity index (χ2v) is 6.36. The van der Waals surface area contributed by atoms with Gasteiger partial charge in [-0.1, -0.05) is 6.07 Å². The molecule has 0 bridgehead atoms. The molecule has 1 heterocycles. The summed E-state index contributed by atoms with van der Waals surface area (Å²) in [7, 11) is 0. The van der Waals surface area contributed by atoms with E-state index in [1.165, 1.54) is 6.07 Å². The zero-order valence-electron chi connectivity index (χ0n) is 12.5. The summed E-state index contributed by atoms with van der Waals surface area (Å²) in [6.07, 6.45) is 0. The van der Waals surface area contributed by atoms with Crippen LogP contribution in [-0.2, 0) is 6.54 Å². The third-order valence-electron chi connectivity index (χ3n) is 3.88. The van der Waals surface area contributed by atoms with Crippen molar-refractivity contribution >= 4 is 0 Å². The highest BCUT2D eigenvalue weighted by Crippen LogP contribution is 2.18. The number of halogens is 1.